The van der Waals surface area contributed by atoms with Crippen molar-refractivity contribution in [3.8, 4) is 11.5 Å². The number of benzene rings is 1. The second-order valence-electron chi connectivity index (χ2n) is 5.71. The van der Waals surface area contributed by atoms with E-state index in [4.69, 9.17) is 14.2 Å². The van der Waals surface area contributed by atoms with Gasteiger partial charge in [0.15, 0.2) is 11.5 Å². The summed E-state index contributed by atoms with van der Waals surface area (Å²) in [5, 5.41) is 0. The van der Waals surface area contributed by atoms with Gasteiger partial charge in [-0.3, -0.25) is 4.79 Å². The molecular formula is C16H21NO4. The van der Waals surface area contributed by atoms with Gasteiger partial charge in [0.1, 0.15) is 6.10 Å². The van der Waals surface area contributed by atoms with E-state index in [1.165, 1.54) is 0 Å². The highest BCUT2D eigenvalue weighted by molar-refractivity contribution is 5.81. The first kappa shape index (κ1) is 14.2. The molecule has 5 heteroatoms. The maximum Gasteiger partial charge on any atom is 0.252 e. The van der Waals surface area contributed by atoms with Crippen molar-refractivity contribution in [1.82, 2.24) is 4.90 Å². The zero-order valence-electron chi connectivity index (χ0n) is 12.5. The van der Waals surface area contributed by atoms with Gasteiger partial charge in [-0.1, -0.05) is 12.1 Å². The number of fused-ring (bicyclic) bond motifs is 1. The molecule has 21 heavy (non-hydrogen) atoms. The normalized spacial score (nSPS) is 20.0. The molecule has 1 fully saturated rings. The van der Waals surface area contributed by atoms with E-state index < -0.39 is 0 Å². The molecule has 0 spiro atoms. The highest BCUT2D eigenvalue weighted by Gasteiger charge is 2.30. The topological polar surface area (TPSA) is 48.0 Å². The fourth-order valence-electron chi connectivity index (χ4n) is 2.77. The molecule has 0 N–H and O–H groups in total. The van der Waals surface area contributed by atoms with Crippen LogP contribution in [0.2, 0.25) is 0 Å². The Kier molecular flexibility index (Phi) is 4.01. The number of rotatable bonds is 4. The van der Waals surface area contributed by atoms with E-state index in [1.54, 1.807) is 0 Å². The van der Waals surface area contributed by atoms with Crippen LogP contribution < -0.4 is 9.47 Å². The van der Waals surface area contributed by atoms with Crippen LogP contribution in [0.4, 0.5) is 0 Å². The molecule has 2 aliphatic rings. The summed E-state index contributed by atoms with van der Waals surface area (Å²) in [7, 11) is 0. The first-order valence-corrected chi connectivity index (χ1v) is 7.46. The first-order chi connectivity index (χ1) is 10.2. The van der Waals surface area contributed by atoms with Crippen LogP contribution >= 0.6 is 0 Å². The molecule has 2 heterocycles. The Morgan fingerprint density at radius 3 is 2.95 bits per heavy atom. The lowest BCUT2D eigenvalue weighted by Crippen LogP contribution is -2.42. The number of ether oxygens (including phenoxy) is 3. The Morgan fingerprint density at radius 1 is 1.38 bits per heavy atom. The molecule has 0 aliphatic carbocycles. The number of nitrogens with zero attached hydrogens (tertiary/aromatic N) is 1. The van der Waals surface area contributed by atoms with Crippen molar-refractivity contribution in [3.63, 3.8) is 0 Å². The second kappa shape index (κ2) is 5.93. The van der Waals surface area contributed by atoms with E-state index in [0.717, 1.165) is 29.9 Å². The summed E-state index contributed by atoms with van der Waals surface area (Å²) in [6, 6.07) is 5.90. The third-order valence-electron chi connectivity index (χ3n) is 3.93. The molecule has 0 bridgehead atoms. The zero-order valence-corrected chi connectivity index (χ0v) is 12.5. The van der Waals surface area contributed by atoms with Gasteiger partial charge in [0.25, 0.3) is 5.91 Å². The molecule has 1 amide bonds. The van der Waals surface area contributed by atoms with Crippen LogP contribution in [0.5, 0.6) is 11.5 Å². The summed E-state index contributed by atoms with van der Waals surface area (Å²) in [6.45, 7) is 5.48. The SMILES string of the molecule is CC(C)N(Cc1cccc2c1OCO2)C(=O)[C@@H]1CCCO1. The number of amides is 1. The monoisotopic (exact) mass is 291 g/mol. The summed E-state index contributed by atoms with van der Waals surface area (Å²) in [5.41, 5.74) is 0.977. The Balaban J connectivity index is 1.79. The number of hydrogen-bond acceptors (Lipinski definition) is 4. The predicted octanol–water partition coefficient (Wildman–Crippen LogP) is 2.33. The molecule has 114 valence electrons. The molecule has 0 aromatic heterocycles. The molecule has 1 atom stereocenters. The van der Waals surface area contributed by atoms with Crippen molar-refractivity contribution in [2.24, 2.45) is 0 Å². The van der Waals surface area contributed by atoms with Crippen LogP contribution in [-0.4, -0.2) is 36.4 Å². The van der Waals surface area contributed by atoms with Gasteiger partial charge >= 0.3 is 0 Å². The first-order valence-electron chi connectivity index (χ1n) is 7.46. The minimum absolute atomic E-state index is 0.0685. The van der Waals surface area contributed by atoms with Crippen LogP contribution in [0, 0.1) is 0 Å². The minimum atomic E-state index is -0.290. The predicted molar refractivity (Wildman–Crippen MR) is 77.2 cm³/mol. The molecule has 1 aromatic carbocycles. The summed E-state index contributed by atoms with van der Waals surface area (Å²) in [4.78, 5) is 14.5. The summed E-state index contributed by atoms with van der Waals surface area (Å²) >= 11 is 0. The maximum atomic E-state index is 12.6. The van der Waals surface area contributed by atoms with E-state index in [9.17, 15) is 4.79 Å². The van der Waals surface area contributed by atoms with Crippen molar-refractivity contribution >= 4 is 5.91 Å². The van der Waals surface area contributed by atoms with Gasteiger partial charge in [0.05, 0.1) is 0 Å². The van der Waals surface area contributed by atoms with Gasteiger partial charge < -0.3 is 19.1 Å². The highest BCUT2D eigenvalue weighted by Crippen LogP contribution is 2.36. The van der Waals surface area contributed by atoms with Crippen molar-refractivity contribution < 1.29 is 19.0 Å². The van der Waals surface area contributed by atoms with Gasteiger partial charge in [-0.25, -0.2) is 0 Å². The van der Waals surface area contributed by atoms with Gasteiger partial charge in [-0.2, -0.15) is 0 Å². The summed E-state index contributed by atoms with van der Waals surface area (Å²) in [6.07, 6.45) is 1.48. The molecule has 2 aliphatic heterocycles. The number of carbonyl (C=O) groups excluding carboxylic acids is 1. The number of hydrogen-bond donors (Lipinski definition) is 0. The summed E-state index contributed by atoms with van der Waals surface area (Å²) in [5.74, 6) is 1.57. The van der Waals surface area contributed by atoms with E-state index in [-0.39, 0.29) is 24.8 Å². The van der Waals surface area contributed by atoms with Gasteiger partial charge in [-0.15, -0.1) is 0 Å². The largest absolute Gasteiger partial charge is 0.454 e. The van der Waals surface area contributed by atoms with Crippen LogP contribution in [0.3, 0.4) is 0 Å². The third kappa shape index (κ3) is 2.83. The van der Waals surface area contributed by atoms with Crippen molar-refractivity contribution in [2.75, 3.05) is 13.4 Å². The lowest BCUT2D eigenvalue weighted by Gasteiger charge is -2.29. The fourth-order valence-corrected chi connectivity index (χ4v) is 2.77. The minimum Gasteiger partial charge on any atom is -0.454 e. The standard InChI is InChI=1S/C16H21NO4/c1-11(2)17(16(18)14-7-4-8-19-14)9-12-5-3-6-13-15(12)21-10-20-13/h3,5-6,11,14H,4,7-10H2,1-2H3/t14-/m0/s1. The molecule has 1 saturated heterocycles. The Morgan fingerprint density at radius 2 is 2.24 bits per heavy atom. The molecule has 5 nitrogen and oxygen atoms in total. The Bertz CT molecular complexity index is 523. The van der Waals surface area contributed by atoms with Crippen LogP contribution in [0.15, 0.2) is 18.2 Å². The van der Waals surface area contributed by atoms with Crippen LogP contribution in [0.25, 0.3) is 0 Å². The van der Waals surface area contributed by atoms with E-state index in [2.05, 4.69) is 0 Å². The van der Waals surface area contributed by atoms with Crippen molar-refractivity contribution in [1.29, 1.82) is 0 Å². The Hall–Kier alpha value is -1.75. The zero-order chi connectivity index (χ0) is 14.8. The molecule has 1 aromatic rings. The van der Waals surface area contributed by atoms with E-state index >= 15 is 0 Å². The molecule has 0 saturated carbocycles. The number of para-hydroxylation sites is 1. The average Bonchev–Trinajstić information content (AvgIpc) is 3.14. The molecule has 0 unspecified atom stereocenters. The second-order valence-corrected chi connectivity index (χ2v) is 5.71. The molecule has 3 rings (SSSR count). The number of carbonyl (C=O) groups is 1. The third-order valence-corrected chi connectivity index (χ3v) is 3.93. The molecule has 0 radical (unpaired) electrons. The van der Waals surface area contributed by atoms with E-state index in [1.807, 2.05) is 36.9 Å². The summed E-state index contributed by atoms with van der Waals surface area (Å²) < 4.78 is 16.4. The Labute approximate surface area is 124 Å². The average molecular weight is 291 g/mol. The van der Waals surface area contributed by atoms with Crippen LogP contribution in [-0.2, 0) is 16.1 Å². The van der Waals surface area contributed by atoms with Gasteiger partial charge in [0.2, 0.25) is 6.79 Å². The van der Waals surface area contributed by atoms with E-state index in [0.29, 0.717) is 13.2 Å². The van der Waals surface area contributed by atoms with Crippen LogP contribution in [0.1, 0.15) is 32.3 Å². The highest BCUT2D eigenvalue weighted by atomic mass is 16.7. The lowest BCUT2D eigenvalue weighted by molar-refractivity contribution is -0.143. The van der Waals surface area contributed by atoms with Gasteiger partial charge in [0, 0.05) is 24.8 Å². The smallest absolute Gasteiger partial charge is 0.252 e. The van der Waals surface area contributed by atoms with Gasteiger partial charge in [-0.05, 0) is 32.8 Å². The fraction of sp³-hybridized carbons (Fsp3) is 0.562. The molecular weight excluding hydrogens is 270 g/mol. The maximum absolute atomic E-state index is 12.6. The quantitative estimate of drug-likeness (QED) is 0.854. The van der Waals surface area contributed by atoms with Crippen molar-refractivity contribution in [3.05, 3.63) is 23.8 Å². The lowest BCUT2D eigenvalue weighted by atomic mass is 10.1. The van der Waals surface area contributed by atoms with Crippen molar-refractivity contribution in [2.45, 2.75) is 45.4 Å².